The molecule has 0 radical (unpaired) electrons. The van der Waals surface area contributed by atoms with E-state index in [2.05, 4.69) is 207 Å². The Labute approximate surface area is 352 Å². The molecule has 13 rings (SSSR count). The van der Waals surface area contributed by atoms with E-state index in [9.17, 15) is 0 Å². The molecule has 0 fully saturated rings. The number of hydrogen-bond acceptors (Lipinski definition) is 3. The van der Waals surface area contributed by atoms with Crippen LogP contribution in [0.5, 0.6) is 0 Å². The summed E-state index contributed by atoms with van der Waals surface area (Å²) in [7, 11) is 0. The maximum Gasteiger partial charge on any atom is 0.0736 e. The van der Waals surface area contributed by atoms with Gasteiger partial charge in [-0.2, -0.15) is 0 Å². The molecule has 9 aromatic carbocycles. The lowest BCUT2D eigenvalue weighted by Crippen LogP contribution is -2.32. The molecule has 10 aromatic rings. The lowest BCUT2D eigenvalue weighted by molar-refractivity contribution is 0.660. The van der Waals surface area contributed by atoms with E-state index in [1.807, 2.05) is 23.1 Å². The molecule has 0 amide bonds. The SMILES string of the molecule is CC1(C)c2ccccc2-c2ccc(N(c3ccc4c(c3)C3(c5ccccc5Sc5ccccc53)c3cc5ccccc5cc3-4)c3ccc4c(c3)sc3ccccc34)cc21. The Balaban J connectivity index is 1.10. The Morgan fingerprint density at radius 2 is 0.898 bits per heavy atom. The van der Waals surface area contributed by atoms with Crippen LogP contribution in [0.15, 0.2) is 198 Å². The summed E-state index contributed by atoms with van der Waals surface area (Å²) in [4.78, 5) is 5.15. The van der Waals surface area contributed by atoms with Gasteiger partial charge in [-0.3, -0.25) is 0 Å². The zero-order valence-corrected chi connectivity index (χ0v) is 34.3. The summed E-state index contributed by atoms with van der Waals surface area (Å²) in [5, 5.41) is 5.17. The summed E-state index contributed by atoms with van der Waals surface area (Å²) in [5.41, 5.74) is 16.3. The first-order chi connectivity index (χ1) is 29.0. The van der Waals surface area contributed by atoms with Crippen molar-refractivity contribution in [2.45, 2.75) is 34.5 Å². The fraction of sp³-hybridized carbons (Fsp3) is 0.0714. The zero-order valence-electron chi connectivity index (χ0n) is 32.7. The zero-order chi connectivity index (χ0) is 39.0. The van der Waals surface area contributed by atoms with E-state index in [1.54, 1.807) is 0 Å². The summed E-state index contributed by atoms with van der Waals surface area (Å²) < 4.78 is 2.62. The van der Waals surface area contributed by atoms with Gasteiger partial charge in [-0.05, 0) is 133 Å². The lowest BCUT2D eigenvalue weighted by atomic mass is 9.67. The molecule has 0 unspecified atom stereocenters. The van der Waals surface area contributed by atoms with E-state index in [0.717, 1.165) is 11.4 Å². The highest BCUT2D eigenvalue weighted by Crippen LogP contribution is 2.63. The van der Waals surface area contributed by atoms with Crippen LogP contribution in [-0.4, -0.2) is 0 Å². The maximum atomic E-state index is 2.53. The molecular formula is C56H37NS2. The van der Waals surface area contributed by atoms with Gasteiger partial charge >= 0.3 is 0 Å². The molecule has 0 N–H and O–H groups in total. The van der Waals surface area contributed by atoms with E-state index >= 15 is 0 Å². The molecule has 0 atom stereocenters. The van der Waals surface area contributed by atoms with Crippen LogP contribution < -0.4 is 4.90 Å². The van der Waals surface area contributed by atoms with Gasteiger partial charge in [-0.15, -0.1) is 11.3 Å². The number of anilines is 3. The molecule has 59 heavy (non-hydrogen) atoms. The number of rotatable bonds is 3. The van der Waals surface area contributed by atoms with E-state index in [4.69, 9.17) is 0 Å². The average molecular weight is 788 g/mol. The van der Waals surface area contributed by atoms with Crippen molar-refractivity contribution in [1.82, 2.24) is 0 Å². The largest absolute Gasteiger partial charge is 0.310 e. The molecule has 2 heterocycles. The smallest absolute Gasteiger partial charge is 0.0736 e. The molecule has 1 aromatic heterocycles. The molecule has 1 spiro atoms. The number of thiophene rings is 1. The standard InChI is InChI=1S/C56H37NS2/c1-55(2)45-17-7-5-15-39(45)40-26-23-36(31-48(40)55)57(38-25-28-43-42-16-6-10-20-51(42)58-54(43)33-38)37-24-27-41-44-29-34-13-3-4-14-35(34)30-49(44)56(50(41)32-37)46-18-8-11-21-52(46)59-53-22-12-9-19-47(53)56/h3-33H,1-2H3. The van der Waals surface area contributed by atoms with Gasteiger partial charge in [0.2, 0.25) is 0 Å². The molecular weight excluding hydrogens is 751 g/mol. The fourth-order valence-electron chi connectivity index (χ4n) is 10.8. The molecule has 0 bridgehead atoms. The van der Waals surface area contributed by atoms with Gasteiger partial charge in [-0.25, -0.2) is 0 Å². The predicted molar refractivity (Wildman–Crippen MR) is 251 cm³/mol. The third-order valence-electron chi connectivity index (χ3n) is 13.5. The fourth-order valence-corrected chi connectivity index (χ4v) is 13.2. The van der Waals surface area contributed by atoms with Crippen LogP contribution in [0.4, 0.5) is 17.1 Å². The second kappa shape index (κ2) is 12.1. The van der Waals surface area contributed by atoms with Gasteiger partial charge in [0.1, 0.15) is 0 Å². The molecule has 278 valence electrons. The van der Waals surface area contributed by atoms with Crippen molar-refractivity contribution in [1.29, 1.82) is 0 Å². The van der Waals surface area contributed by atoms with Crippen molar-refractivity contribution < 1.29 is 0 Å². The summed E-state index contributed by atoms with van der Waals surface area (Å²) in [5.74, 6) is 0. The minimum atomic E-state index is -0.494. The highest BCUT2D eigenvalue weighted by Gasteiger charge is 2.50. The first kappa shape index (κ1) is 33.6. The van der Waals surface area contributed by atoms with Gasteiger partial charge in [0.05, 0.1) is 5.41 Å². The summed E-state index contributed by atoms with van der Waals surface area (Å²) in [6.07, 6.45) is 0. The number of fused-ring (bicyclic) bond motifs is 16. The minimum Gasteiger partial charge on any atom is -0.310 e. The quantitative estimate of drug-likeness (QED) is 0.175. The number of benzene rings is 9. The van der Waals surface area contributed by atoms with Crippen LogP contribution in [0.2, 0.25) is 0 Å². The second-order valence-corrected chi connectivity index (χ2v) is 19.0. The summed E-state index contributed by atoms with van der Waals surface area (Å²) in [6, 6.07) is 71.4. The summed E-state index contributed by atoms with van der Waals surface area (Å²) >= 11 is 3.78. The van der Waals surface area contributed by atoms with E-state index in [0.29, 0.717) is 0 Å². The molecule has 1 aliphatic heterocycles. The van der Waals surface area contributed by atoms with Crippen molar-refractivity contribution in [3.05, 3.63) is 221 Å². The van der Waals surface area contributed by atoms with Crippen molar-refractivity contribution in [2.75, 3.05) is 4.90 Å². The number of hydrogen-bond donors (Lipinski definition) is 0. The van der Waals surface area contributed by atoms with E-state index in [1.165, 1.54) is 102 Å². The van der Waals surface area contributed by atoms with E-state index in [-0.39, 0.29) is 5.41 Å². The van der Waals surface area contributed by atoms with E-state index < -0.39 is 5.41 Å². The molecule has 3 aliphatic rings. The summed E-state index contributed by atoms with van der Waals surface area (Å²) in [6.45, 7) is 4.76. The van der Waals surface area contributed by atoms with Crippen molar-refractivity contribution >= 4 is 71.1 Å². The van der Waals surface area contributed by atoms with Crippen LogP contribution >= 0.6 is 23.1 Å². The number of nitrogens with zero attached hydrogens (tertiary/aromatic N) is 1. The monoisotopic (exact) mass is 787 g/mol. The molecule has 2 aliphatic carbocycles. The second-order valence-electron chi connectivity index (χ2n) is 16.8. The van der Waals surface area contributed by atoms with Gasteiger partial charge < -0.3 is 4.90 Å². The Morgan fingerprint density at radius 1 is 0.373 bits per heavy atom. The van der Waals surface area contributed by atoms with Crippen LogP contribution in [0, 0.1) is 0 Å². The van der Waals surface area contributed by atoms with Crippen molar-refractivity contribution in [3.63, 3.8) is 0 Å². The molecule has 3 heteroatoms. The average Bonchev–Trinajstić information content (AvgIpc) is 3.86. The Bertz CT molecular complexity index is 3380. The Morgan fingerprint density at radius 3 is 1.66 bits per heavy atom. The third kappa shape index (κ3) is 4.52. The highest BCUT2D eigenvalue weighted by molar-refractivity contribution is 7.99. The molecule has 0 saturated carbocycles. The molecule has 0 saturated heterocycles. The lowest BCUT2D eigenvalue weighted by Gasteiger charge is -2.40. The first-order valence-corrected chi connectivity index (χ1v) is 22.1. The van der Waals surface area contributed by atoms with Gasteiger partial charge in [0, 0.05) is 52.4 Å². The topological polar surface area (TPSA) is 3.24 Å². The Hall–Kier alpha value is -6.39. The van der Waals surface area contributed by atoms with Crippen molar-refractivity contribution in [2.24, 2.45) is 0 Å². The van der Waals surface area contributed by atoms with Crippen LogP contribution in [-0.2, 0) is 10.8 Å². The minimum absolute atomic E-state index is 0.123. The maximum absolute atomic E-state index is 2.53. The van der Waals surface area contributed by atoms with Crippen LogP contribution in [0.3, 0.4) is 0 Å². The first-order valence-electron chi connectivity index (χ1n) is 20.5. The van der Waals surface area contributed by atoms with Gasteiger partial charge in [-0.1, -0.05) is 147 Å². The van der Waals surface area contributed by atoms with Gasteiger partial charge in [0.25, 0.3) is 0 Å². The van der Waals surface area contributed by atoms with Crippen molar-refractivity contribution in [3.8, 4) is 22.3 Å². The van der Waals surface area contributed by atoms with Crippen LogP contribution in [0.1, 0.15) is 47.2 Å². The predicted octanol–water partition coefficient (Wildman–Crippen LogP) is 15.8. The normalized spacial score (nSPS) is 14.8. The van der Waals surface area contributed by atoms with Crippen LogP contribution in [0.25, 0.3) is 53.2 Å². The highest BCUT2D eigenvalue weighted by atomic mass is 32.2. The molecule has 1 nitrogen and oxygen atoms in total. The third-order valence-corrected chi connectivity index (χ3v) is 15.8. The Kier molecular flexibility index (Phi) is 6.87. The van der Waals surface area contributed by atoms with Gasteiger partial charge in [0.15, 0.2) is 0 Å².